The van der Waals surface area contributed by atoms with Gasteiger partial charge in [-0.3, -0.25) is 4.79 Å². The number of ether oxygens (including phenoxy) is 1. The number of rotatable bonds is 3. The molecule has 0 aromatic carbocycles. The molecule has 1 fully saturated rings. The van der Waals surface area contributed by atoms with Crippen LogP contribution in [0.3, 0.4) is 0 Å². The second-order valence-corrected chi connectivity index (χ2v) is 7.95. The van der Waals surface area contributed by atoms with Crippen molar-refractivity contribution in [3.8, 4) is 0 Å². The van der Waals surface area contributed by atoms with E-state index in [1.165, 1.54) is 0 Å². The van der Waals surface area contributed by atoms with Gasteiger partial charge in [-0.1, -0.05) is 25.9 Å². The Labute approximate surface area is 128 Å². The smallest absolute Gasteiger partial charge is 0.315 e. The minimum absolute atomic E-state index is 0.227. The molecule has 0 amide bonds. The lowest BCUT2D eigenvalue weighted by Gasteiger charge is -2.15. The van der Waals surface area contributed by atoms with Crippen LogP contribution in [0.15, 0.2) is 4.52 Å². The molecule has 1 aliphatic carbocycles. The quantitative estimate of drug-likeness (QED) is 0.629. The van der Waals surface area contributed by atoms with Gasteiger partial charge in [-0.25, -0.2) is 0 Å². The van der Waals surface area contributed by atoms with Crippen LogP contribution in [0, 0.1) is 5.41 Å². The van der Waals surface area contributed by atoms with E-state index in [-0.39, 0.29) is 11.3 Å². The molecule has 0 N–H and O–H groups in total. The van der Waals surface area contributed by atoms with Gasteiger partial charge in [0.2, 0.25) is 0 Å². The van der Waals surface area contributed by atoms with Gasteiger partial charge in [-0.05, 0) is 13.8 Å². The molecule has 0 radical (unpaired) electrons. The van der Waals surface area contributed by atoms with Crippen LogP contribution in [0.5, 0.6) is 0 Å². The zero-order valence-corrected chi connectivity index (χ0v) is 13.7. The SMILES string of the molecule is CC(OC(=O)C1(C)CC1(Cl)Cl)c1nc(C(C)(C)C)no1. The molecule has 1 saturated carbocycles. The highest BCUT2D eigenvalue weighted by molar-refractivity contribution is 6.53. The predicted octanol–water partition coefficient (Wildman–Crippen LogP) is 3.56. The molecule has 1 aromatic heterocycles. The Kier molecular flexibility index (Phi) is 3.58. The van der Waals surface area contributed by atoms with Crippen LogP contribution >= 0.6 is 23.2 Å². The lowest BCUT2D eigenvalue weighted by atomic mass is 9.96. The van der Waals surface area contributed by atoms with Gasteiger partial charge in [0.25, 0.3) is 5.89 Å². The topological polar surface area (TPSA) is 65.2 Å². The zero-order chi connectivity index (χ0) is 15.3. The van der Waals surface area contributed by atoms with Crippen molar-refractivity contribution >= 4 is 29.2 Å². The molecule has 0 spiro atoms. The van der Waals surface area contributed by atoms with Crippen LogP contribution in [-0.2, 0) is 14.9 Å². The second-order valence-electron chi connectivity index (χ2n) is 6.47. The molecule has 2 atom stereocenters. The van der Waals surface area contributed by atoms with E-state index in [1.54, 1.807) is 13.8 Å². The number of carbonyl (C=O) groups is 1. The Morgan fingerprint density at radius 1 is 1.45 bits per heavy atom. The number of hydrogen-bond acceptors (Lipinski definition) is 5. The Bertz CT molecular complexity index is 536. The molecule has 112 valence electrons. The van der Waals surface area contributed by atoms with Crippen LogP contribution in [0.4, 0.5) is 0 Å². The van der Waals surface area contributed by atoms with Gasteiger partial charge in [-0.2, -0.15) is 4.98 Å². The molecule has 5 nitrogen and oxygen atoms in total. The third-order valence-electron chi connectivity index (χ3n) is 3.45. The summed E-state index contributed by atoms with van der Waals surface area (Å²) in [6, 6.07) is 0. The summed E-state index contributed by atoms with van der Waals surface area (Å²) in [7, 11) is 0. The predicted molar refractivity (Wildman–Crippen MR) is 74.7 cm³/mol. The number of nitrogens with zero attached hydrogens (tertiary/aromatic N) is 2. The van der Waals surface area contributed by atoms with Crippen molar-refractivity contribution in [3.63, 3.8) is 0 Å². The van der Waals surface area contributed by atoms with Crippen LogP contribution in [0.25, 0.3) is 0 Å². The molecule has 1 aromatic rings. The lowest BCUT2D eigenvalue weighted by Crippen LogP contribution is -2.22. The maximum Gasteiger partial charge on any atom is 0.315 e. The van der Waals surface area contributed by atoms with E-state index < -0.39 is 21.8 Å². The van der Waals surface area contributed by atoms with Crippen molar-refractivity contribution in [3.05, 3.63) is 11.7 Å². The van der Waals surface area contributed by atoms with E-state index in [9.17, 15) is 4.79 Å². The Morgan fingerprint density at radius 3 is 2.40 bits per heavy atom. The fourth-order valence-corrected chi connectivity index (χ4v) is 2.36. The first kappa shape index (κ1) is 15.6. The highest BCUT2D eigenvalue weighted by Gasteiger charge is 2.69. The highest BCUT2D eigenvalue weighted by atomic mass is 35.5. The molecule has 2 rings (SSSR count). The number of halogens is 2. The van der Waals surface area contributed by atoms with Crippen molar-refractivity contribution < 1.29 is 14.1 Å². The monoisotopic (exact) mass is 320 g/mol. The summed E-state index contributed by atoms with van der Waals surface area (Å²) in [5.74, 6) is 0.379. The van der Waals surface area contributed by atoms with Gasteiger partial charge in [0.15, 0.2) is 11.9 Å². The van der Waals surface area contributed by atoms with Crippen LogP contribution in [0.1, 0.15) is 58.9 Å². The fraction of sp³-hybridized carbons (Fsp3) is 0.769. The molecule has 2 unspecified atom stereocenters. The number of hydrogen-bond donors (Lipinski definition) is 0. The highest BCUT2D eigenvalue weighted by Crippen LogP contribution is 2.64. The Morgan fingerprint density at radius 2 is 2.00 bits per heavy atom. The molecule has 0 bridgehead atoms. The van der Waals surface area contributed by atoms with Crippen molar-refractivity contribution in [1.82, 2.24) is 10.1 Å². The van der Waals surface area contributed by atoms with Crippen molar-refractivity contribution in [2.75, 3.05) is 0 Å². The number of carbonyl (C=O) groups excluding carboxylic acids is 1. The molecular formula is C13H18Cl2N2O3. The normalized spacial score (nSPS) is 26.1. The number of aromatic nitrogens is 2. The molecule has 0 aliphatic heterocycles. The molecule has 7 heteroatoms. The van der Waals surface area contributed by atoms with Crippen LogP contribution in [0.2, 0.25) is 0 Å². The van der Waals surface area contributed by atoms with Gasteiger partial charge in [0.1, 0.15) is 9.75 Å². The molecular weight excluding hydrogens is 303 g/mol. The average Bonchev–Trinajstić information content (AvgIpc) is 2.68. The van der Waals surface area contributed by atoms with Crippen molar-refractivity contribution in [2.24, 2.45) is 5.41 Å². The third-order valence-corrected chi connectivity index (χ3v) is 4.55. The minimum atomic E-state index is -1.05. The number of esters is 1. The third kappa shape index (κ3) is 2.66. The van der Waals surface area contributed by atoms with Crippen molar-refractivity contribution in [1.29, 1.82) is 0 Å². The van der Waals surface area contributed by atoms with Gasteiger partial charge in [-0.15, -0.1) is 23.2 Å². The average molecular weight is 321 g/mol. The fourth-order valence-electron chi connectivity index (χ4n) is 1.67. The lowest BCUT2D eigenvalue weighted by molar-refractivity contribution is -0.155. The first-order valence-electron chi connectivity index (χ1n) is 6.40. The van der Waals surface area contributed by atoms with E-state index in [2.05, 4.69) is 10.1 Å². The zero-order valence-electron chi connectivity index (χ0n) is 12.2. The minimum Gasteiger partial charge on any atom is -0.452 e. The summed E-state index contributed by atoms with van der Waals surface area (Å²) in [6.07, 6.45) is -0.251. The Balaban J connectivity index is 2.04. The standard InChI is InChI=1S/C13H18Cl2N2O3/c1-7(8-16-9(17-20-8)11(2,3)4)19-10(18)12(5)6-13(12,14)15/h7H,6H2,1-5H3. The van der Waals surface area contributed by atoms with E-state index >= 15 is 0 Å². The van der Waals surface area contributed by atoms with Gasteiger partial charge >= 0.3 is 5.97 Å². The molecule has 1 heterocycles. The maximum absolute atomic E-state index is 12.0. The van der Waals surface area contributed by atoms with Crippen LogP contribution < -0.4 is 0 Å². The summed E-state index contributed by atoms with van der Waals surface area (Å²) >= 11 is 11.9. The first-order valence-corrected chi connectivity index (χ1v) is 7.16. The maximum atomic E-state index is 12.0. The second kappa shape index (κ2) is 4.60. The van der Waals surface area contributed by atoms with E-state index in [4.69, 9.17) is 32.5 Å². The summed E-state index contributed by atoms with van der Waals surface area (Å²) < 4.78 is 9.41. The van der Waals surface area contributed by atoms with Gasteiger partial charge in [0, 0.05) is 11.8 Å². The molecule has 20 heavy (non-hydrogen) atoms. The summed E-state index contributed by atoms with van der Waals surface area (Å²) in [4.78, 5) is 16.3. The van der Waals surface area contributed by atoms with Crippen LogP contribution in [-0.4, -0.2) is 20.4 Å². The number of alkyl halides is 2. The first-order chi connectivity index (χ1) is 8.97. The largest absolute Gasteiger partial charge is 0.452 e. The van der Waals surface area contributed by atoms with Crippen molar-refractivity contribution in [2.45, 2.75) is 56.9 Å². The summed E-state index contributed by atoms with van der Waals surface area (Å²) in [6.45, 7) is 9.26. The Hall–Kier alpha value is -0.810. The van der Waals surface area contributed by atoms with Gasteiger partial charge < -0.3 is 9.26 Å². The summed E-state index contributed by atoms with van der Waals surface area (Å²) in [5, 5.41) is 3.89. The van der Waals surface area contributed by atoms with E-state index in [0.717, 1.165) is 0 Å². The molecule has 0 saturated heterocycles. The van der Waals surface area contributed by atoms with E-state index in [0.29, 0.717) is 12.2 Å². The van der Waals surface area contributed by atoms with Gasteiger partial charge in [0.05, 0.1) is 0 Å². The molecule has 1 aliphatic rings. The van der Waals surface area contributed by atoms with E-state index in [1.807, 2.05) is 20.8 Å². The summed E-state index contributed by atoms with van der Waals surface area (Å²) in [5.41, 5.74) is -1.09.